The highest BCUT2D eigenvalue weighted by Crippen LogP contribution is 2.32. The molecule has 1 saturated carbocycles. The Morgan fingerprint density at radius 1 is 1.03 bits per heavy atom. The normalized spacial score (nSPS) is 17.9. The number of hydrogen-bond donors (Lipinski definition) is 0. The molecule has 1 saturated heterocycles. The molecule has 1 aliphatic heterocycles. The van der Waals surface area contributed by atoms with Crippen LogP contribution in [0, 0.1) is 13.8 Å². The van der Waals surface area contributed by atoms with Crippen molar-refractivity contribution in [3.8, 4) is 17.2 Å². The van der Waals surface area contributed by atoms with Crippen LogP contribution in [-0.4, -0.2) is 53.1 Å². The number of carbonyl (C=O) groups excluding carboxylic acids is 1. The zero-order valence-electron chi connectivity index (χ0n) is 22.8. The van der Waals surface area contributed by atoms with Gasteiger partial charge in [-0.15, -0.1) is 0 Å². The molecule has 7 heteroatoms. The van der Waals surface area contributed by atoms with Gasteiger partial charge in [0.1, 0.15) is 6.61 Å². The molecule has 1 unspecified atom stereocenters. The van der Waals surface area contributed by atoms with E-state index in [1.165, 1.54) is 6.42 Å². The van der Waals surface area contributed by atoms with Crippen LogP contribution in [0.3, 0.4) is 0 Å². The average molecular weight is 518 g/mol. The van der Waals surface area contributed by atoms with Crippen molar-refractivity contribution in [3.63, 3.8) is 0 Å². The summed E-state index contributed by atoms with van der Waals surface area (Å²) >= 11 is 0. The summed E-state index contributed by atoms with van der Waals surface area (Å²) in [4.78, 5) is 16.0. The van der Waals surface area contributed by atoms with E-state index in [-0.39, 0.29) is 18.1 Å². The number of aromatic nitrogens is 2. The van der Waals surface area contributed by atoms with Crippen LogP contribution in [0.2, 0.25) is 0 Å². The maximum Gasteiger partial charge on any atom is 0.254 e. The third-order valence-electron chi connectivity index (χ3n) is 7.65. The number of rotatable bonds is 9. The molecule has 3 aromatic rings. The van der Waals surface area contributed by atoms with Crippen molar-refractivity contribution in [2.75, 3.05) is 20.3 Å². The predicted molar refractivity (Wildman–Crippen MR) is 147 cm³/mol. The van der Waals surface area contributed by atoms with Crippen LogP contribution in [0.5, 0.6) is 11.5 Å². The summed E-state index contributed by atoms with van der Waals surface area (Å²) in [5.41, 5.74) is 4.61. The SMILES string of the molecule is COc1cc(CN(C(=O)c2cccc(-n3nc(C)cc3C)c2)C2CCCC2)ccc1OCC1CCCCO1. The standard InChI is InChI=1S/C31H39N3O4/c1-22-17-23(2)34(32-22)27-12-8-9-25(19-27)31(35)33(26-10-4-5-11-26)20-24-14-15-29(30(18-24)36-3)38-21-28-13-6-7-16-37-28/h8-9,12,14-15,17-19,26,28H,4-7,10-11,13,16,20-21H2,1-3H3. The first-order valence-corrected chi connectivity index (χ1v) is 13.9. The van der Waals surface area contributed by atoms with E-state index in [1.807, 2.05) is 72.0 Å². The number of benzene rings is 2. The molecule has 0 N–H and O–H groups in total. The fraction of sp³-hybridized carbons (Fsp3) is 0.484. The highest BCUT2D eigenvalue weighted by molar-refractivity contribution is 5.95. The number of aryl methyl sites for hydroxylation is 2. The topological polar surface area (TPSA) is 65.8 Å². The third-order valence-corrected chi connectivity index (χ3v) is 7.65. The Bertz CT molecular complexity index is 1240. The van der Waals surface area contributed by atoms with Gasteiger partial charge in [0.05, 0.1) is 24.6 Å². The van der Waals surface area contributed by atoms with Crippen LogP contribution < -0.4 is 9.47 Å². The van der Waals surface area contributed by atoms with Gasteiger partial charge in [0.2, 0.25) is 0 Å². The molecule has 1 aliphatic carbocycles. The van der Waals surface area contributed by atoms with Crippen molar-refractivity contribution in [1.29, 1.82) is 0 Å². The Labute approximate surface area is 225 Å². The highest BCUT2D eigenvalue weighted by Gasteiger charge is 2.28. The lowest BCUT2D eigenvalue weighted by Gasteiger charge is -2.30. The van der Waals surface area contributed by atoms with Crippen LogP contribution in [0.4, 0.5) is 0 Å². The summed E-state index contributed by atoms with van der Waals surface area (Å²) < 4.78 is 19.4. The summed E-state index contributed by atoms with van der Waals surface area (Å²) in [6.45, 7) is 5.86. The van der Waals surface area contributed by atoms with Gasteiger partial charge in [0, 0.05) is 30.5 Å². The van der Waals surface area contributed by atoms with Crippen LogP contribution in [0.25, 0.3) is 5.69 Å². The first-order chi connectivity index (χ1) is 18.5. The van der Waals surface area contributed by atoms with Crippen LogP contribution >= 0.6 is 0 Å². The van der Waals surface area contributed by atoms with Crippen LogP contribution in [0.15, 0.2) is 48.5 Å². The quantitative estimate of drug-likeness (QED) is 0.347. The number of nitrogens with zero attached hydrogens (tertiary/aromatic N) is 3. The lowest BCUT2D eigenvalue weighted by Crippen LogP contribution is -2.38. The molecule has 5 rings (SSSR count). The maximum absolute atomic E-state index is 13.9. The van der Waals surface area contributed by atoms with E-state index in [9.17, 15) is 4.79 Å². The van der Waals surface area contributed by atoms with E-state index >= 15 is 0 Å². The number of carbonyl (C=O) groups is 1. The highest BCUT2D eigenvalue weighted by atomic mass is 16.5. The Balaban J connectivity index is 1.35. The van der Waals surface area contributed by atoms with E-state index in [2.05, 4.69) is 5.10 Å². The molecule has 1 amide bonds. The molecule has 2 aromatic carbocycles. The zero-order chi connectivity index (χ0) is 26.5. The van der Waals surface area contributed by atoms with E-state index < -0.39 is 0 Å². The van der Waals surface area contributed by atoms with Crippen LogP contribution in [0.1, 0.15) is 72.3 Å². The Morgan fingerprint density at radius 3 is 2.55 bits per heavy atom. The summed E-state index contributed by atoms with van der Waals surface area (Å²) in [7, 11) is 1.66. The maximum atomic E-state index is 13.9. The molecule has 2 heterocycles. The smallest absolute Gasteiger partial charge is 0.254 e. The summed E-state index contributed by atoms with van der Waals surface area (Å²) in [5, 5.41) is 4.60. The van der Waals surface area contributed by atoms with Gasteiger partial charge in [-0.05, 0) is 87.9 Å². The fourth-order valence-electron chi connectivity index (χ4n) is 5.66. The molecule has 2 fully saturated rings. The van der Waals surface area contributed by atoms with E-state index in [1.54, 1.807) is 7.11 Å². The molecule has 0 radical (unpaired) electrons. The Morgan fingerprint density at radius 2 is 1.84 bits per heavy atom. The van der Waals surface area contributed by atoms with Crippen molar-refractivity contribution in [2.24, 2.45) is 0 Å². The number of hydrogen-bond acceptors (Lipinski definition) is 5. The van der Waals surface area contributed by atoms with E-state index in [0.29, 0.717) is 30.2 Å². The molecule has 2 aliphatic rings. The van der Waals surface area contributed by atoms with Crippen molar-refractivity contribution < 1.29 is 19.0 Å². The van der Waals surface area contributed by atoms with Gasteiger partial charge in [-0.25, -0.2) is 4.68 Å². The largest absolute Gasteiger partial charge is 0.493 e. The van der Waals surface area contributed by atoms with Gasteiger partial charge < -0.3 is 19.1 Å². The minimum atomic E-state index is 0.0500. The second-order valence-corrected chi connectivity index (χ2v) is 10.5. The van der Waals surface area contributed by atoms with Gasteiger partial charge in [0.25, 0.3) is 5.91 Å². The first kappa shape index (κ1) is 26.3. The monoisotopic (exact) mass is 517 g/mol. The molecule has 7 nitrogen and oxygen atoms in total. The summed E-state index contributed by atoms with van der Waals surface area (Å²) in [5.74, 6) is 1.44. The third kappa shape index (κ3) is 6.04. The number of amides is 1. The average Bonchev–Trinajstić information content (AvgIpc) is 3.60. The molecular formula is C31H39N3O4. The van der Waals surface area contributed by atoms with Gasteiger partial charge >= 0.3 is 0 Å². The molecular weight excluding hydrogens is 478 g/mol. The molecule has 1 aromatic heterocycles. The zero-order valence-corrected chi connectivity index (χ0v) is 22.8. The molecule has 202 valence electrons. The van der Waals surface area contributed by atoms with E-state index in [4.69, 9.17) is 14.2 Å². The van der Waals surface area contributed by atoms with Crippen molar-refractivity contribution in [2.45, 2.75) is 77.5 Å². The van der Waals surface area contributed by atoms with Crippen molar-refractivity contribution in [3.05, 3.63) is 71.0 Å². The second-order valence-electron chi connectivity index (χ2n) is 10.5. The lowest BCUT2D eigenvalue weighted by atomic mass is 10.1. The second kappa shape index (κ2) is 12.0. The fourth-order valence-corrected chi connectivity index (χ4v) is 5.66. The Hall–Kier alpha value is -3.32. The van der Waals surface area contributed by atoms with E-state index in [0.717, 1.165) is 67.8 Å². The van der Waals surface area contributed by atoms with Gasteiger partial charge in [-0.1, -0.05) is 25.0 Å². The lowest BCUT2D eigenvalue weighted by molar-refractivity contribution is -0.0114. The molecule has 0 bridgehead atoms. The van der Waals surface area contributed by atoms with Crippen molar-refractivity contribution in [1.82, 2.24) is 14.7 Å². The number of methoxy groups -OCH3 is 1. The molecule has 1 atom stereocenters. The summed E-state index contributed by atoms with van der Waals surface area (Å²) in [6.07, 6.45) is 7.83. The molecule has 0 spiro atoms. The minimum Gasteiger partial charge on any atom is -0.493 e. The predicted octanol–water partition coefficient (Wildman–Crippen LogP) is 6.03. The number of ether oxygens (including phenoxy) is 3. The van der Waals surface area contributed by atoms with Gasteiger partial charge in [0.15, 0.2) is 11.5 Å². The summed E-state index contributed by atoms with van der Waals surface area (Å²) in [6, 6.07) is 16.1. The first-order valence-electron chi connectivity index (χ1n) is 13.9. The van der Waals surface area contributed by atoms with Gasteiger partial charge in [-0.2, -0.15) is 5.10 Å². The van der Waals surface area contributed by atoms with Gasteiger partial charge in [-0.3, -0.25) is 4.79 Å². The minimum absolute atomic E-state index is 0.0500. The molecule has 38 heavy (non-hydrogen) atoms. The van der Waals surface area contributed by atoms with Crippen molar-refractivity contribution >= 4 is 5.91 Å². The Kier molecular flexibility index (Phi) is 8.32. The van der Waals surface area contributed by atoms with Crippen LogP contribution in [-0.2, 0) is 11.3 Å².